The molecule has 5 rings (SSSR count). The second-order valence-corrected chi connectivity index (χ2v) is 10.5. The van der Waals surface area contributed by atoms with Gasteiger partial charge in [-0.15, -0.1) is 0 Å². The number of anilines is 1. The number of aryl methyl sites for hydroxylation is 1. The summed E-state index contributed by atoms with van der Waals surface area (Å²) < 4.78 is 34.3. The first-order valence-electron chi connectivity index (χ1n) is 13.5. The molecule has 1 amide bonds. The maximum atomic E-state index is 14.0. The van der Waals surface area contributed by atoms with Crippen LogP contribution >= 0.6 is 11.6 Å². The Morgan fingerprint density at radius 3 is 2.69 bits per heavy atom. The fourth-order valence-corrected chi connectivity index (χ4v) is 5.26. The van der Waals surface area contributed by atoms with Crippen molar-refractivity contribution in [1.82, 2.24) is 30.2 Å². The molecule has 2 N–H and O–H groups in total. The van der Waals surface area contributed by atoms with Crippen molar-refractivity contribution in [2.75, 3.05) is 25.0 Å². The molecular weight excluding hydrogens is 568 g/mol. The van der Waals surface area contributed by atoms with Gasteiger partial charge in [0.2, 0.25) is 11.9 Å². The van der Waals surface area contributed by atoms with E-state index in [2.05, 4.69) is 25.5 Å². The number of ether oxygens (including phenoxy) is 1. The number of carbonyl (C=O) groups excluding carboxylic acids is 1. The van der Waals surface area contributed by atoms with E-state index < -0.39 is 17.2 Å². The lowest BCUT2D eigenvalue weighted by molar-refractivity contribution is -0.125. The summed E-state index contributed by atoms with van der Waals surface area (Å²) >= 11 is 6.42. The number of aromatic nitrogens is 4. The molecule has 1 atom stereocenters. The number of amides is 1. The van der Waals surface area contributed by atoms with Gasteiger partial charge in [-0.3, -0.25) is 19.1 Å². The normalized spacial score (nSPS) is 17.3. The van der Waals surface area contributed by atoms with E-state index in [4.69, 9.17) is 21.3 Å². The minimum Gasteiger partial charge on any atom is -0.485 e. The van der Waals surface area contributed by atoms with Gasteiger partial charge in [-0.25, -0.2) is 18.7 Å². The van der Waals surface area contributed by atoms with E-state index >= 15 is 0 Å². The highest BCUT2D eigenvalue weighted by atomic mass is 35.5. The van der Waals surface area contributed by atoms with Crippen molar-refractivity contribution < 1.29 is 18.3 Å². The first-order valence-corrected chi connectivity index (χ1v) is 13.8. The topological polar surface area (TPSA) is 114 Å². The van der Waals surface area contributed by atoms with Crippen LogP contribution in [-0.2, 0) is 11.4 Å². The molecule has 0 aliphatic carbocycles. The number of hydrogen-bond acceptors (Lipinski definition) is 8. The van der Waals surface area contributed by atoms with Gasteiger partial charge in [0.15, 0.2) is 5.82 Å². The van der Waals surface area contributed by atoms with Crippen LogP contribution in [0.1, 0.15) is 42.9 Å². The van der Waals surface area contributed by atoms with Crippen molar-refractivity contribution in [2.45, 2.75) is 39.3 Å². The predicted molar refractivity (Wildman–Crippen MR) is 154 cm³/mol. The monoisotopic (exact) mass is 597 g/mol. The molecule has 220 valence electrons. The van der Waals surface area contributed by atoms with Gasteiger partial charge in [-0.2, -0.15) is 0 Å². The molecule has 5 heterocycles. The van der Waals surface area contributed by atoms with Crippen molar-refractivity contribution >= 4 is 29.2 Å². The molecule has 42 heavy (non-hydrogen) atoms. The summed E-state index contributed by atoms with van der Waals surface area (Å²) in [7, 11) is 1.65. The van der Waals surface area contributed by atoms with Crippen LogP contribution in [-0.4, -0.2) is 45.6 Å². The number of halogens is 3. The number of nitrogens with zero attached hydrogens (tertiary/aromatic N) is 5. The number of carbonyl (C=O) groups is 1. The lowest BCUT2D eigenvalue weighted by Gasteiger charge is -2.31. The van der Waals surface area contributed by atoms with Crippen LogP contribution in [0, 0.1) is 24.5 Å². The molecule has 1 fully saturated rings. The number of piperidine rings is 1. The largest absolute Gasteiger partial charge is 0.485 e. The average Bonchev–Trinajstić information content (AvgIpc) is 2.99. The van der Waals surface area contributed by atoms with Crippen molar-refractivity contribution in [3.8, 4) is 5.75 Å². The standard InChI is InChI=1S/C29H30ClF2N7O3/c1-16-13-35-22(21-4-7-34-29(37-21)38-8-5-18(6-9-38)27(40)33-3)12-24(16)39-17(2)10-25(26(30)28(39)41)42-15-23-20(32)11-19(31)14-36-23/h4,7,10-14,18,22,35H,5-6,8-9,15H2,1-3H3,(H,33,40)/t22-/m1/s1. The Hall–Kier alpha value is -4.32. The summed E-state index contributed by atoms with van der Waals surface area (Å²) in [5.41, 5.74) is 2.03. The van der Waals surface area contributed by atoms with Crippen LogP contribution in [0.15, 0.2) is 53.2 Å². The Kier molecular flexibility index (Phi) is 8.53. The number of rotatable bonds is 7. The van der Waals surface area contributed by atoms with Gasteiger partial charge in [-0.05, 0) is 44.4 Å². The average molecular weight is 598 g/mol. The molecule has 0 saturated carbocycles. The highest BCUT2D eigenvalue weighted by Gasteiger charge is 2.27. The first kappa shape index (κ1) is 29.2. The number of allylic oxidation sites excluding steroid dienone is 2. The fraction of sp³-hybridized carbons (Fsp3) is 0.345. The van der Waals surface area contributed by atoms with E-state index in [-0.39, 0.29) is 40.9 Å². The van der Waals surface area contributed by atoms with Crippen LogP contribution in [0.5, 0.6) is 5.75 Å². The maximum absolute atomic E-state index is 14.0. The Bertz CT molecular complexity index is 1630. The molecule has 3 aromatic rings. The van der Waals surface area contributed by atoms with Crippen LogP contribution < -0.4 is 25.8 Å². The zero-order valence-electron chi connectivity index (χ0n) is 23.3. The lowest BCUT2D eigenvalue weighted by Crippen LogP contribution is -2.40. The quantitative estimate of drug-likeness (QED) is 0.422. The zero-order valence-corrected chi connectivity index (χ0v) is 24.1. The van der Waals surface area contributed by atoms with E-state index in [1.54, 1.807) is 26.2 Å². The molecule has 2 aliphatic heterocycles. The van der Waals surface area contributed by atoms with E-state index in [1.165, 1.54) is 4.57 Å². The molecule has 0 aromatic carbocycles. The van der Waals surface area contributed by atoms with Crippen molar-refractivity contribution in [2.24, 2.45) is 5.92 Å². The third kappa shape index (κ3) is 5.98. The fourth-order valence-electron chi connectivity index (χ4n) is 5.06. The van der Waals surface area contributed by atoms with E-state index in [9.17, 15) is 18.4 Å². The SMILES string of the molecule is CNC(=O)C1CCN(c2nccc([C@H]3C=C(n4c(C)cc(OCc5ncc(F)cc5F)c(Cl)c4=O)C(C)=CN3)n2)CC1. The second-order valence-electron chi connectivity index (χ2n) is 10.2. The third-order valence-corrected chi connectivity index (χ3v) is 7.72. The summed E-state index contributed by atoms with van der Waals surface area (Å²) in [4.78, 5) is 40.5. The second kappa shape index (κ2) is 12.3. The van der Waals surface area contributed by atoms with E-state index in [1.807, 2.05) is 25.3 Å². The summed E-state index contributed by atoms with van der Waals surface area (Å²) in [5, 5.41) is 5.85. The number of nitrogens with one attached hydrogen (secondary N) is 2. The molecule has 13 heteroatoms. The van der Waals surface area contributed by atoms with Crippen LogP contribution in [0.4, 0.5) is 14.7 Å². The smallest absolute Gasteiger partial charge is 0.277 e. The molecule has 0 spiro atoms. The molecule has 1 saturated heterocycles. The molecule has 0 unspecified atom stereocenters. The summed E-state index contributed by atoms with van der Waals surface area (Å²) in [6.07, 6.45) is 7.73. The lowest BCUT2D eigenvalue weighted by atomic mass is 9.96. The Morgan fingerprint density at radius 2 is 1.98 bits per heavy atom. The van der Waals surface area contributed by atoms with Gasteiger partial charge in [-0.1, -0.05) is 11.6 Å². The van der Waals surface area contributed by atoms with Crippen molar-refractivity contribution in [3.05, 3.63) is 92.5 Å². The summed E-state index contributed by atoms with van der Waals surface area (Å²) in [6, 6.07) is 3.74. The predicted octanol–water partition coefficient (Wildman–Crippen LogP) is 3.90. The van der Waals surface area contributed by atoms with Gasteiger partial charge >= 0.3 is 0 Å². The number of dihydropyridines is 1. The Labute approximate surface area is 246 Å². The molecule has 10 nitrogen and oxygen atoms in total. The van der Waals surface area contributed by atoms with Crippen molar-refractivity contribution in [1.29, 1.82) is 0 Å². The van der Waals surface area contributed by atoms with Crippen LogP contribution in [0.25, 0.3) is 5.70 Å². The Morgan fingerprint density at radius 1 is 1.21 bits per heavy atom. The van der Waals surface area contributed by atoms with Gasteiger partial charge < -0.3 is 20.3 Å². The third-order valence-electron chi connectivity index (χ3n) is 7.38. The minimum absolute atomic E-state index is 0.0149. The highest BCUT2D eigenvalue weighted by Crippen LogP contribution is 2.30. The Balaban J connectivity index is 1.38. The van der Waals surface area contributed by atoms with Gasteiger partial charge in [0.25, 0.3) is 5.56 Å². The zero-order chi connectivity index (χ0) is 30.0. The summed E-state index contributed by atoms with van der Waals surface area (Å²) in [5.74, 6) is -0.974. The molecule has 0 radical (unpaired) electrons. The van der Waals surface area contributed by atoms with Crippen LogP contribution in [0.2, 0.25) is 5.02 Å². The molecule has 2 aliphatic rings. The van der Waals surface area contributed by atoms with Gasteiger partial charge in [0.05, 0.1) is 23.6 Å². The maximum Gasteiger partial charge on any atom is 0.277 e. The number of pyridine rings is 2. The molecule has 0 bridgehead atoms. The number of hydrogen-bond donors (Lipinski definition) is 2. The van der Waals surface area contributed by atoms with E-state index in [0.29, 0.717) is 42.2 Å². The van der Waals surface area contributed by atoms with Crippen LogP contribution in [0.3, 0.4) is 0 Å². The highest BCUT2D eigenvalue weighted by molar-refractivity contribution is 6.31. The molecular formula is C29H30ClF2N7O3. The molecule has 3 aromatic heterocycles. The van der Waals surface area contributed by atoms with E-state index in [0.717, 1.165) is 24.6 Å². The van der Waals surface area contributed by atoms with Gasteiger partial charge in [0.1, 0.15) is 28.9 Å². The summed E-state index contributed by atoms with van der Waals surface area (Å²) in [6.45, 7) is 4.61. The van der Waals surface area contributed by atoms with Crippen molar-refractivity contribution in [3.63, 3.8) is 0 Å². The minimum atomic E-state index is -0.857. The first-order chi connectivity index (χ1) is 20.2. The van der Waals surface area contributed by atoms with Gasteiger partial charge in [0, 0.05) is 56.3 Å².